The maximum absolute atomic E-state index is 7.48. The van der Waals surface area contributed by atoms with Gasteiger partial charge in [-0.25, -0.2) is 4.99 Å². The number of nitrogens with two attached hydrogens (primary N) is 1. The first-order valence-electron chi connectivity index (χ1n) is 9.34. The second kappa shape index (κ2) is 8.26. The quantitative estimate of drug-likeness (QED) is 0.436. The van der Waals surface area contributed by atoms with Crippen molar-refractivity contribution < 1.29 is 0 Å². The molecule has 0 aliphatic carbocycles. The molecule has 3 aliphatic rings. The number of aliphatic imine (C=N–C) groups is 1. The van der Waals surface area contributed by atoms with Gasteiger partial charge in [-0.1, -0.05) is 13.8 Å². The SMILES string of the molecule is CC(C)C(C=N)=CC(N)=NC1=CC=C2NC=C(N3CCN(C)CC3)C=C2N1. The lowest BCUT2D eigenvalue weighted by molar-refractivity contribution is 0.189. The van der Waals surface area contributed by atoms with Gasteiger partial charge in [0.05, 0.1) is 17.1 Å². The summed E-state index contributed by atoms with van der Waals surface area (Å²) in [6, 6.07) is 0. The molecule has 0 radical (unpaired) electrons. The Balaban J connectivity index is 1.72. The van der Waals surface area contributed by atoms with Gasteiger partial charge in [-0.3, -0.25) is 0 Å². The van der Waals surface area contributed by atoms with E-state index in [1.54, 1.807) is 6.08 Å². The summed E-state index contributed by atoms with van der Waals surface area (Å²) in [5.74, 6) is 1.31. The van der Waals surface area contributed by atoms with Crippen molar-refractivity contribution in [2.45, 2.75) is 13.8 Å². The maximum Gasteiger partial charge on any atom is 0.132 e. The Kier molecular flexibility index (Phi) is 5.81. The van der Waals surface area contributed by atoms with E-state index in [9.17, 15) is 0 Å². The molecule has 5 N–H and O–H groups in total. The van der Waals surface area contributed by atoms with Crippen LogP contribution in [0.5, 0.6) is 0 Å². The lowest BCUT2D eigenvalue weighted by atomic mass is 10.0. The molecule has 0 aromatic rings. The monoisotopic (exact) mass is 367 g/mol. The first-order valence-corrected chi connectivity index (χ1v) is 9.34. The molecular formula is C20H29N7. The summed E-state index contributed by atoms with van der Waals surface area (Å²) >= 11 is 0. The highest BCUT2D eigenvalue weighted by atomic mass is 15.3. The van der Waals surface area contributed by atoms with Crippen molar-refractivity contribution in [3.63, 3.8) is 0 Å². The van der Waals surface area contributed by atoms with Crippen LogP contribution in [0.3, 0.4) is 0 Å². The molecule has 0 aromatic heterocycles. The van der Waals surface area contributed by atoms with Crippen LogP contribution in [0.25, 0.3) is 0 Å². The Morgan fingerprint density at radius 3 is 2.63 bits per heavy atom. The Hall–Kier alpha value is -2.80. The second-order valence-electron chi connectivity index (χ2n) is 7.30. The third kappa shape index (κ3) is 4.68. The van der Waals surface area contributed by atoms with Gasteiger partial charge in [0.15, 0.2) is 0 Å². The van der Waals surface area contributed by atoms with E-state index in [1.807, 2.05) is 26.0 Å². The van der Waals surface area contributed by atoms with Gasteiger partial charge in [-0.15, -0.1) is 0 Å². The molecular weight excluding hydrogens is 338 g/mol. The average Bonchev–Trinajstić information content (AvgIpc) is 2.66. The lowest BCUT2D eigenvalue weighted by Crippen LogP contribution is -2.44. The third-order valence-electron chi connectivity index (χ3n) is 4.89. The number of piperazine rings is 1. The lowest BCUT2D eigenvalue weighted by Gasteiger charge is -2.36. The summed E-state index contributed by atoms with van der Waals surface area (Å²) in [5, 5.41) is 14.2. The van der Waals surface area contributed by atoms with Gasteiger partial charge in [-0.05, 0) is 42.8 Å². The molecule has 1 fully saturated rings. The molecule has 0 amide bonds. The number of hydrogen-bond acceptors (Lipinski definition) is 6. The van der Waals surface area contributed by atoms with E-state index < -0.39 is 0 Å². The number of fused-ring (bicyclic) bond motifs is 1. The molecule has 3 rings (SSSR count). The molecule has 7 heteroatoms. The van der Waals surface area contributed by atoms with Gasteiger partial charge >= 0.3 is 0 Å². The third-order valence-corrected chi connectivity index (χ3v) is 4.89. The van der Waals surface area contributed by atoms with Gasteiger partial charge in [0, 0.05) is 38.6 Å². The molecule has 144 valence electrons. The number of nitrogens with zero attached hydrogens (tertiary/aromatic N) is 3. The maximum atomic E-state index is 7.48. The molecule has 0 spiro atoms. The minimum absolute atomic E-state index is 0.234. The number of rotatable bonds is 5. The van der Waals surface area contributed by atoms with E-state index in [-0.39, 0.29) is 5.92 Å². The summed E-state index contributed by atoms with van der Waals surface area (Å²) in [4.78, 5) is 9.18. The fourth-order valence-electron chi connectivity index (χ4n) is 3.11. The minimum Gasteiger partial charge on any atom is -0.384 e. The number of likely N-dealkylation sites (N-methyl/N-ethyl adjacent to an activating group) is 1. The van der Waals surface area contributed by atoms with E-state index in [1.165, 1.54) is 11.9 Å². The smallest absolute Gasteiger partial charge is 0.132 e. The van der Waals surface area contributed by atoms with Crippen LogP contribution in [-0.4, -0.2) is 55.1 Å². The highest BCUT2D eigenvalue weighted by Gasteiger charge is 2.20. The van der Waals surface area contributed by atoms with Gasteiger partial charge in [0.25, 0.3) is 0 Å². The summed E-state index contributed by atoms with van der Waals surface area (Å²) in [5.41, 5.74) is 10.1. The van der Waals surface area contributed by atoms with Crippen molar-refractivity contribution in [2.75, 3.05) is 33.2 Å². The standard InChI is InChI=1S/C20H29N7/c1-14(2)15(12-21)10-19(22)25-20-5-4-17-18(24-20)11-16(13-23-17)27-8-6-26(3)7-9-27/h4-5,10-14,21,23-24H,6-9H2,1-3H3,(H2,22,25). The Morgan fingerprint density at radius 1 is 1.22 bits per heavy atom. The van der Waals surface area contributed by atoms with Crippen LogP contribution in [0.1, 0.15) is 13.8 Å². The molecule has 27 heavy (non-hydrogen) atoms. The van der Waals surface area contributed by atoms with Crippen molar-refractivity contribution in [1.29, 1.82) is 5.41 Å². The van der Waals surface area contributed by atoms with Gasteiger partial charge in [0.2, 0.25) is 0 Å². The molecule has 3 heterocycles. The van der Waals surface area contributed by atoms with Crippen LogP contribution < -0.4 is 16.4 Å². The van der Waals surface area contributed by atoms with Crippen LogP contribution in [0, 0.1) is 11.3 Å². The number of hydrogen-bond donors (Lipinski definition) is 4. The Bertz CT molecular complexity index is 772. The van der Waals surface area contributed by atoms with Gasteiger partial charge in [0.1, 0.15) is 11.7 Å². The summed E-state index contributed by atoms with van der Waals surface area (Å²) < 4.78 is 0. The largest absolute Gasteiger partial charge is 0.384 e. The molecule has 3 aliphatic heterocycles. The summed E-state index contributed by atoms with van der Waals surface area (Å²) in [6.45, 7) is 8.24. The number of amidine groups is 1. The number of nitrogens with one attached hydrogen (secondary N) is 3. The molecule has 0 saturated carbocycles. The molecule has 0 aromatic carbocycles. The van der Waals surface area contributed by atoms with Crippen LogP contribution in [0.2, 0.25) is 0 Å². The van der Waals surface area contributed by atoms with Crippen LogP contribution in [-0.2, 0) is 0 Å². The van der Waals surface area contributed by atoms with Crippen molar-refractivity contribution >= 4 is 12.1 Å². The Morgan fingerprint density at radius 2 is 1.96 bits per heavy atom. The zero-order valence-electron chi connectivity index (χ0n) is 16.3. The van der Waals surface area contributed by atoms with E-state index in [4.69, 9.17) is 11.1 Å². The molecule has 7 nitrogen and oxygen atoms in total. The van der Waals surface area contributed by atoms with Crippen molar-refractivity contribution in [2.24, 2.45) is 16.6 Å². The van der Waals surface area contributed by atoms with Crippen LogP contribution in [0.15, 0.2) is 64.0 Å². The Labute approximate surface area is 161 Å². The zero-order chi connectivity index (χ0) is 19.4. The van der Waals surface area contributed by atoms with E-state index in [0.717, 1.165) is 43.1 Å². The minimum atomic E-state index is 0.234. The van der Waals surface area contributed by atoms with Gasteiger partial charge < -0.3 is 31.6 Å². The average molecular weight is 368 g/mol. The van der Waals surface area contributed by atoms with E-state index in [2.05, 4.69) is 44.7 Å². The van der Waals surface area contributed by atoms with Crippen molar-refractivity contribution in [1.82, 2.24) is 20.4 Å². The van der Waals surface area contributed by atoms with Gasteiger partial charge in [-0.2, -0.15) is 0 Å². The van der Waals surface area contributed by atoms with Crippen molar-refractivity contribution in [3.8, 4) is 0 Å². The first-order chi connectivity index (χ1) is 13.0. The topological polar surface area (TPSA) is 92.8 Å². The highest BCUT2D eigenvalue weighted by molar-refractivity contribution is 5.97. The fraction of sp³-hybridized carbons (Fsp3) is 0.400. The van der Waals surface area contributed by atoms with Crippen molar-refractivity contribution in [3.05, 3.63) is 59.0 Å². The molecule has 1 saturated heterocycles. The summed E-state index contributed by atoms with van der Waals surface area (Å²) in [6.07, 6.45) is 11.2. The normalized spacial score (nSPS) is 21.4. The van der Waals surface area contributed by atoms with E-state index >= 15 is 0 Å². The van der Waals surface area contributed by atoms with Crippen LogP contribution >= 0.6 is 0 Å². The molecule has 0 unspecified atom stereocenters. The number of dihydropyridines is 2. The zero-order valence-corrected chi connectivity index (χ0v) is 16.3. The predicted molar refractivity (Wildman–Crippen MR) is 111 cm³/mol. The number of allylic oxidation sites excluding steroid dienone is 4. The first kappa shape index (κ1) is 19.0. The second-order valence-corrected chi connectivity index (χ2v) is 7.30. The highest BCUT2D eigenvalue weighted by Crippen LogP contribution is 2.22. The molecule has 0 atom stereocenters. The predicted octanol–water partition coefficient (Wildman–Crippen LogP) is 1.48. The summed E-state index contributed by atoms with van der Waals surface area (Å²) in [7, 11) is 2.16. The van der Waals surface area contributed by atoms with Crippen LogP contribution in [0.4, 0.5) is 0 Å². The fourth-order valence-corrected chi connectivity index (χ4v) is 3.11. The molecule has 0 bridgehead atoms. The van der Waals surface area contributed by atoms with E-state index in [0.29, 0.717) is 11.7 Å².